The Morgan fingerprint density at radius 1 is 1.40 bits per heavy atom. The zero-order valence-electron chi connectivity index (χ0n) is 11.3. The molecule has 0 unspecified atom stereocenters. The number of aliphatic hydroxyl groups is 1. The van der Waals surface area contributed by atoms with Gasteiger partial charge in [-0.05, 0) is 32.0 Å². The summed E-state index contributed by atoms with van der Waals surface area (Å²) in [5.74, 6) is -2.40. The molecule has 0 aliphatic carbocycles. The number of likely N-dealkylation sites (N-methyl/N-ethyl adjacent to an activating group) is 1. The van der Waals surface area contributed by atoms with Crippen LogP contribution in [0.15, 0.2) is 23.1 Å². The lowest BCUT2D eigenvalue weighted by molar-refractivity contribution is 0.0696. The molecule has 0 aliphatic heterocycles. The monoisotopic (exact) mass is 305 g/mol. The number of aromatic carboxylic acids is 1. The van der Waals surface area contributed by atoms with Crippen LogP contribution in [0.2, 0.25) is 0 Å². The number of hydrogen-bond acceptors (Lipinski definition) is 4. The SMILES string of the molecule is CN(C(C)(C)CO)S(=O)(=O)c1cc(C(=O)O)ccc1F. The number of benzene rings is 1. The van der Waals surface area contributed by atoms with E-state index in [1.165, 1.54) is 20.9 Å². The number of sulfonamides is 1. The van der Waals surface area contributed by atoms with Crippen molar-refractivity contribution in [1.82, 2.24) is 4.31 Å². The fourth-order valence-corrected chi connectivity index (χ4v) is 3.00. The fraction of sp³-hybridized carbons (Fsp3) is 0.417. The number of carboxylic acid groups (broad SMARTS) is 1. The van der Waals surface area contributed by atoms with Crippen molar-refractivity contribution in [2.45, 2.75) is 24.3 Å². The molecule has 8 heteroatoms. The average Bonchev–Trinajstić information content (AvgIpc) is 2.37. The highest BCUT2D eigenvalue weighted by molar-refractivity contribution is 7.89. The van der Waals surface area contributed by atoms with Gasteiger partial charge in [0.2, 0.25) is 10.0 Å². The molecule has 0 saturated carbocycles. The molecule has 0 atom stereocenters. The summed E-state index contributed by atoms with van der Waals surface area (Å²) in [6, 6.07) is 2.53. The van der Waals surface area contributed by atoms with Crippen LogP contribution in [0.1, 0.15) is 24.2 Å². The van der Waals surface area contributed by atoms with Crippen LogP contribution in [0.25, 0.3) is 0 Å². The van der Waals surface area contributed by atoms with Crippen molar-refractivity contribution in [2.75, 3.05) is 13.7 Å². The van der Waals surface area contributed by atoms with Gasteiger partial charge in [0.15, 0.2) is 0 Å². The van der Waals surface area contributed by atoms with Gasteiger partial charge in [-0.15, -0.1) is 0 Å². The molecule has 1 aromatic rings. The van der Waals surface area contributed by atoms with E-state index in [9.17, 15) is 22.7 Å². The van der Waals surface area contributed by atoms with Gasteiger partial charge >= 0.3 is 5.97 Å². The topological polar surface area (TPSA) is 94.9 Å². The van der Waals surface area contributed by atoms with E-state index >= 15 is 0 Å². The number of rotatable bonds is 5. The van der Waals surface area contributed by atoms with Crippen molar-refractivity contribution in [3.8, 4) is 0 Å². The minimum Gasteiger partial charge on any atom is -0.478 e. The maximum Gasteiger partial charge on any atom is 0.335 e. The Kier molecular flexibility index (Phi) is 4.52. The third-order valence-electron chi connectivity index (χ3n) is 3.06. The van der Waals surface area contributed by atoms with Crippen LogP contribution in [0.3, 0.4) is 0 Å². The maximum absolute atomic E-state index is 13.7. The van der Waals surface area contributed by atoms with E-state index in [-0.39, 0.29) is 5.56 Å². The van der Waals surface area contributed by atoms with Crippen molar-refractivity contribution >= 4 is 16.0 Å². The van der Waals surface area contributed by atoms with Crippen LogP contribution in [-0.4, -0.2) is 48.1 Å². The Morgan fingerprint density at radius 2 is 1.95 bits per heavy atom. The van der Waals surface area contributed by atoms with E-state index in [0.29, 0.717) is 0 Å². The number of carbonyl (C=O) groups is 1. The Labute approximate surface area is 116 Å². The van der Waals surface area contributed by atoms with E-state index in [1.807, 2.05) is 0 Å². The summed E-state index contributed by atoms with van der Waals surface area (Å²) in [4.78, 5) is 10.1. The van der Waals surface area contributed by atoms with Gasteiger partial charge < -0.3 is 10.2 Å². The van der Waals surface area contributed by atoms with Gasteiger partial charge in [0, 0.05) is 7.05 Å². The van der Waals surface area contributed by atoms with Gasteiger partial charge in [-0.1, -0.05) is 0 Å². The largest absolute Gasteiger partial charge is 0.478 e. The molecule has 0 spiro atoms. The van der Waals surface area contributed by atoms with E-state index in [4.69, 9.17) is 5.11 Å². The molecule has 2 N–H and O–H groups in total. The predicted molar refractivity (Wildman–Crippen MR) is 69.5 cm³/mol. The third kappa shape index (κ3) is 2.97. The number of nitrogens with zero attached hydrogens (tertiary/aromatic N) is 1. The zero-order valence-corrected chi connectivity index (χ0v) is 12.1. The van der Waals surface area contributed by atoms with Gasteiger partial charge in [0.25, 0.3) is 0 Å². The molecule has 0 heterocycles. The first-order chi connectivity index (χ1) is 9.04. The third-order valence-corrected chi connectivity index (χ3v) is 5.14. The lowest BCUT2D eigenvalue weighted by atomic mass is 10.1. The van der Waals surface area contributed by atoms with Crippen molar-refractivity contribution in [3.63, 3.8) is 0 Å². The first-order valence-electron chi connectivity index (χ1n) is 5.67. The maximum atomic E-state index is 13.7. The molecule has 6 nitrogen and oxygen atoms in total. The summed E-state index contributed by atoms with van der Waals surface area (Å²) >= 11 is 0. The van der Waals surface area contributed by atoms with Crippen LogP contribution >= 0.6 is 0 Å². The average molecular weight is 305 g/mol. The summed E-state index contributed by atoms with van der Waals surface area (Å²) in [6.07, 6.45) is 0. The quantitative estimate of drug-likeness (QED) is 0.843. The molecule has 0 fully saturated rings. The summed E-state index contributed by atoms with van der Waals surface area (Å²) in [5.41, 5.74) is -1.48. The second-order valence-electron chi connectivity index (χ2n) is 4.89. The van der Waals surface area contributed by atoms with E-state index in [2.05, 4.69) is 0 Å². The summed E-state index contributed by atoms with van der Waals surface area (Å²) < 4.78 is 39.2. The molecule has 1 aromatic carbocycles. The highest BCUT2D eigenvalue weighted by atomic mass is 32.2. The van der Waals surface area contributed by atoms with Crippen LogP contribution in [0.4, 0.5) is 4.39 Å². The molecule has 0 aliphatic rings. The van der Waals surface area contributed by atoms with Gasteiger partial charge in [0.05, 0.1) is 17.7 Å². The fourth-order valence-electron chi connectivity index (χ4n) is 1.41. The molecule has 20 heavy (non-hydrogen) atoms. The molecule has 0 saturated heterocycles. The van der Waals surface area contributed by atoms with E-state index in [0.717, 1.165) is 22.5 Å². The minimum absolute atomic E-state index is 0.333. The smallest absolute Gasteiger partial charge is 0.335 e. The van der Waals surface area contributed by atoms with E-state index < -0.39 is 38.9 Å². The van der Waals surface area contributed by atoms with Gasteiger partial charge in [-0.3, -0.25) is 0 Å². The standard InChI is InChI=1S/C12H16FNO5S/c1-12(2,7-15)14(3)20(18,19)10-6-8(11(16)17)4-5-9(10)13/h4-6,15H,7H2,1-3H3,(H,16,17). The van der Waals surface area contributed by atoms with Crippen LogP contribution in [0.5, 0.6) is 0 Å². The predicted octanol–water partition coefficient (Wildman–Crippen LogP) is 0.915. The number of aliphatic hydroxyl groups excluding tert-OH is 1. The second kappa shape index (κ2) is 5.47. The first kappa shape index (κ1) is 16.5. The molecule has 0 bridgehead atoms. The van der Waals surface area contributed by atoms with Gasteiger partial charge in [-0.2, -0.15) is 4.31 Å². The van der Waals surface area contributed by atoms with Crippen molar-refractivity contribution < 1.29 is 27.8 Å². The van der Waals surface area contributed by atoms with Gasteiger partial charge in [0.1, 0.15) is 10.7 Å². The summed E-state index contributed by atoms with van der Waals surface area (Å²) in [5, 5.41) is 18.0. The first-order valence-corrected chi connectivity index (χ1v) is 7.11. The highest BCUT2D eigenvalue weighted by Crippen LogP contribution is 2.25. The minimum atomic E-state index is -4.26. The molecular formula is C12H16FNO5S. The van der Waals surface area contributed by atoms with Crippen molar-refractivity contribution in [1.29, 1.82) is 0 Å². The molecule has 1 rings (SSSR count). The van der Waals surface area contributed by atoms with Crippen LogP contribution in [0, 0.1) is 5.82 Å². The molecule has 0 aromatic heterocycles. The van der Waals surface area contributed by atoms with Crippen molar-refractivity contribution in [2.24, 2.45) is 0 Å². The summed E-state index contributed by atoms with van der Waals surface area (Å²) in [6.45, 7) is 2.45. The van der Waals surface area contributed by atoms with E-state index in [1.54, 1.807) is 0 Å². The Bertz CT molecular complexity index is 627. The highest BCUT2D eigenvalue weighted by Gasteiger charge is 2.35. The van der Waals surface area contributed by atoms with Crippen LogP contribution < -0.4 is 0 Å². The Morgan fingerprint density at radius 3 is 2.40 bits per heavy atom. The molecular weight excluding hydrogens is 289 g/mol. The normalized spacial score (nSPS) is 12.7. The Balaban J connectivity index is 3.43. The lowest BCUT2D eigenvalue weighted by Crippen LogP contribution is -2.47. The number of hydrogen-bond donors (Lipinski definition) is 2. The van der Waals surface area contributed by atoms with Crippen molar-refractivity contribution in [3.05, 3.63) is 29.6 Å². The number of carboxylic acids is 1. The van der Waals surface area contributed by atoms with Crippen LogP contribution in [-0.2, 0) is 10.0 Å². The number of halogens is 1. The molecule has 112 valence electrons. The van der Waals surface area contributed by atoms with Gasteiger partial charge in [-0.25, -0.2) is 17.6 Å². The Hall–Kier alpha value is -1.51. The zero-order chi connectivity index (χ0) is 15.7. The molecule has 0 amide bonds. The second-order valence-corrected chi connectivity index (χ2v) is 6.83. The lowest BCUT2D eigenvalue weighted by Gasteiger charge is -2.32. The summed E-state index contributed by atoms with van der Waals surface area (Å²) in [7, 11) is -3.07. The molecule has 0 radical (unpaired) electrons.